The molecule has 3 aromatic rings. The molecule has 0 aliphatic carbocycles. The number of hydrogen-bond donors (Lipinski definition) is 2. The van der Waals surface area contributed by atoms with Gasteiger partial charge in [-0.05, 0) is 50.1 Å². The summed E-state index contributed by atoms with van der Waals surface area (Å²) >= 11 is 0. The Morgan fingerprint density at radius 3 is 2.92 bits per heavy atom. The highest BCUT2D eigenvalue weighted by Crippen LogP contribution is 2.28. The van der Waals surface area contributed by atoms with Crippen molar-refractivity contribution >= 4 is 22.6 Å². The first-order valence-electron chi connectivity index (χ1n) is 8.80. The molecule has 1 unspecified atom stereocenters. The average molecular weight is 352 g/mol. The molecule has 1 amide bonds. The number of carbonyl (C=O) groups is 1. The molecule has 1 atom stereocenters. The third-order valence-electron chi connectivity index (χ3n) is 4.97. The molecule has 2 heterocycles. The van der Waals surface area contributed by atoms with E-state index in [4.69, 9.17) is 0 Å². The summed E-state index contributed by atoms with van der Waals surface area (Å²) in [5.74, 6) is 0.429. The molecule has 2 N–H and O–H groups in total. The van der Waals surface area contributed by atoms with Gasteiger partial charge < -0.3 is 15.2 Å². The lowest BCUT2D eigenvalue weighted by Gasteiger charge is -2.14. The van der Waals surface area contributed by atoms with Crippen LogP contribution in [0.5, 0.6) is 0 Å². The zero-order valence-corrected chi connectivity index (χ0v) is 14.8. The van der Waals surface area contributed by atoms with E-state index in [2.05, 4.69) is 15.6 Å². The molecule has 1 aromatic heterocycles. The third kappa shape index (κ3) is 2.97. The molecule has 5 nitrogen and oxygen atoms in total. The van der Waals surface area contributed by atoms with E-state index >= 15 is 0 Å². The number of anilines is 1. The molecule has 0 bridgehead atoms. The van der Waals surface area contributed by atoms with Gasteiger partial charge in [-0.15, -0.1) is 0 Å². The second-order valence-corrected chi connectivity index (χ2v) is 6.80. The Balaban J connectivity index is 1.69. The lowest BCUT2D eigenvalue weighted by Crippen LogP contribution is -2.35. The number of hydrogen-bond acceptors (Lipinski definition) is 3. The lowest BCUT2D eigenvalue weighted by atomic mass is 10.1. The van der Waals surface area contributed by atoms with Crippen molar-refractivity contribution in [3.05, 3.63) is 47.8 Å². The number of benzene rings is 2. The molecule has 1 aliphatic rings. The Labute approximate surface area is 151 Å². The molecule has 0 spiro atoms. The van der Waals surface area contributed by atoms with Crippen LogP contribution in [0.25, 0.3) is 22.4 Å². The summed E-state index contributed by atoms with van der Waals surface area (Å²) < 4.78 is 15.4. The van der Waals surface area contributed by atoms with Crippen LogP contribution in [-0.2, 0) is 11.8 Å². The summed E-state index contributed by atoms with van der Waals surface area (Å²) in [6, 6.07) is 10.3. The first-order valence-corrected chi connectivity index (χ1v) is 8.80. The van der Waals surface area contributed by atoms with Crippen LogP contribution in [0.15, 0.2) is 36.4 Å². The number of aromatic nitrogens is 2. The van der Waals surface area contributed by atoms with Gasteiger partial charge >= 0.3 is 0 Å². The normalized spacial score (nSPS) is 17.0. The van der Waals surface area contributed by atoms with E-state index in [0.29, 0.717) is 5.52 Å². The molecule has 0 saturated carbocycles. The fraction of sp³-hybridized carbons (Fsp3) is 0.300. The smallest absolute Gasteiger partial charge is 0.241 e. The van der Waals surface area contributed by atoms with Crippen LogP contribution >= 0.6 is 0 Å². The fourth-order valence-electron chi connectivity index (χ4n) is 3.46. The molecule has 1 aliphatic heterocycles. The van der Waals surface area contributed by atoms with Gasteiger partial charge in [-0.2, -0.15) is 0 Å². The summed E-state index contributed by atoms with van der Waals surface area (Å²) in [6.07, 6.45) is 1.88. The van der Waals surface area contributed by atoms with Crippen LogP contribution in [0.4, 0.5) is 10.1 Å². The van der Waals surface area contributed by atoms with Gasteiger partial charge in [0.15, 0.2) is 0 Å². The maximum atomic E-state index is 13.5. The van der Waals surface area contributed by atoms with Gasteiger partial charge in [0.05, 0.1) is 17.1 Å². The van der Waals surface area contributed by atoms with Crippen molar-refractivity contribution < 1.29 is 9.18 Å². The van der Waals surface area contributed by atoms with Crippen molar-refractivity contribution in [2.24, 2.45) is 7.05 Å². The largest absolute Gasteiger partial charge is 0.327 e. The monoisotopic (exact) mass is 352 g/mol. The van der Waals surface area contributed by atoms with Crippen molar-refractivity contribution in [2.45, 2.75) is 25.8 Å². The number of imidazole rings is 1. The maximum absolute atomic E-state index is 13.5. The summed E-state index contributed by atoms with van der Waals surface area (Å²) in [5.41, 5.74) is 4.13. The van der Waals surface area contributed by atoms with Crippen LogP contribution in [0, 0.1) is 12.7 Å². The predicted molar refractivity (Wildman–Crippen MR) is 100 cm³/mol. The fourth-order valence-corrected chi connectivity index (χ4v) is 3.46. The third-order valence-corrected chi connectivity index (χ3v) is 4.97. The van der Waals surface area contributed by atoms with Crippen LogP contribution in [0.3, 0.4) is 0 Å². The molecule has 1 fully saturated rings. The van der Waals surface area contributed by atoms with E-state index < -0.39 is 0 Å². The number of aryl methyl sites for hydroxylation is 2. The van der Waals surface area contributed by atoms with Crippen LogP contribution < -0.4 is 10.6 Å². The molecule has 1 saturated heterocycles. The summed E-state index contributed by atoms with van der Waals surface area (Å²) in [7, 11) is 1.91. The molecule has 134 valence electrons. The van der Waals surface area contributed by atoms with E-state index in [1.54, 1.807) is 6.07 Å². The van der Waals surface area contributed by atoms with Crippen molar-refractivity contribution in [3.63, 3.8) is 0 Å². The molecule has 0 radical (unpaired) electrons. The Kier molecular flexibility index (Phi) is 4.20. The molecule has 6 heteroatoms. The van der Waals surface area contributed by atoms with Crippen LogP contribution in [0.2, 0.25) is 0 Å². The van der Waals surface area contributed by atoms with Gasteiger partial charge in [0, 0.05) is 24.4 Å². The van der Waals surface area contributed by atoms with Crippen molar-refractivity contribution in [3.8, 4) is 11.4 Å². The minimum atomic E-state index is -0.303. The first kappa shape index (κ1) is 16.7. The summed E-state index contributed by atoms with van der Waals surface area (Å²) in [5, 5.41) is 6.24. The van der Waals surface area contributed by atoms with E-state index in [9.17, 15) is 9.18 Å². The summed E-state index contributed by atoms with van der Waals surface area (Å²) in [6.45, 7) is 2.85. The maximum Gasteiger partial charge on any atom is 0.241 e. The first-order chi connectivity index (χ1) is 12.5. The van der Waals surface area contributed by atoms with Gasteiger partial charge in [0.2, 0.25) is 5.91 Å². The van der Waals surface area contributed by atoms with Gasteiger partial charge in [0.25, 0.3) is 0 Å². The number of nitrogens with zero attached hydrogens (tertiary/aromatic N) is 2. The van der Waals surface area contributed by atoms with Gasteiger partial charge in [0.1, 0.15) is 11.6 Å². The Hall–Kier alpha value is -2.73. The quantitative estimate of drug-likeness (QED) is 0.760. The highest BCUT2D eigenvalue weighted by molar-refractivity contribution is 5.96. The van der Waals surface area contributed by atoms with E-state index in [1.807, 2.05) is 36.7 Å². The molecular weight excluding hydrogens is 331 g/mol. The van der Waals surface area contributed by atoms with Gasteiger partial charge in [-0.25, -0.2) is 9.37 Å². The van der Waals surface area contributed by atoms with Crippen molar-refractivity contribution in [2.75, 3.05) is 11.9 Å². The number of carbonyl (C=O) groups excluding carboxylic acids is 1. The minimum Gasteiger partial charge on any atom is -0.327 e. The number of rotatable bonds is 3. The number of amides is 1. The standard InChI is InChI=1S/C20H21FN4O/c1-12-5-6-13(10-16(12)24-20(26)15-4-3-9-22-15)19-23-17-11-14(21)7-8-18(17)25(19)2/h5-8,10-11,15,22H,3-4,9H2,1-2H3,(H,24,26). The zero-order valence-electron chi connectivity index (χ0n) is 14.8. The van der Waals surface area contributed by atoms with Crippen molar-refractivity contribution in [1.29, 1.82) is 0 Å². The highest BCUT2D eigenvalue weighted by atomic mass is 19.1. The Morgan fingerprint density at radius 2 is 2.15 bits per heavy atom. The van der Waals surface area contributed by atoms with Gasteiger partial charge in [-0.3, -0.25) is 4.79 Å². The molecule has 2 aromatic carbocycles. The zero-order chi connectivity index (χ0) is 18.3. The van der Waals surface area contributed by atoms with Gasteiger partial charge in [-0.1, -0.05) is 12.1 Å². The van der Waals surface area contributed by atoms with E-state index in [-0.39, 0.29) is 17.8 Å². The number of halogens is 1. The predicted octanol–water partition coefficient (Wildman–Crippen LogP) is 3.38. The SMILES string of the molecule is Cc1ccc(-c2nc3cc(F)ccc3n2C)cc1NC(=O)C1CCCN1. The number of fused-ring (bicyclic) bond motifs is 1. The molecule has 26 heavy (non-hydrogen) atoms. The van der Waals surface area contributed by atoms with Crippen LogP contribution in [-0.4, -0.2) is 28.0 Å². The second-order valence-electron chi connectivity index (χ2n) is 6.80. The minimum absolute atomic E-state index is 0.00479. The Bertz CT molecular complexity index is 989. The topological polar surface area (TPSA) is 59.0 Å². The van der Waals surface area contributed by atoms with E-state index in [0.717, 1.165) is 47.5 Å². The van der Waals surface area contributed by atoms with Crippen molar-refractivity contribution in [1.82, 2.24) is 14.9 Å². The second kappa shape index (κ2) is 6.53. The highest BCUT2D eigenvalue weighted by Gasteiger charge is 2.22. The molecular formula is C20H21FN4O. The average Bonchev–Trinajstić information content (AvgIpc) is 3.25. The van der Waals surface area contributed by atoms with Crippen LogP contribution in [0.1, 0.15) is 18.4 Å². The molecule has 4 rings (SSSR count). The summed E-state index contributed by atoms with van der Waals surface area (Å²) in [4.78, 5) is 17.0. The van der Waals surface area contributed by atoms with E-state index in [1.165, 1.54) is 12.1 Å². The lowest BCUT2D eigenvalue weighted by molar-refractivity contribution is -0.117. The number of nitrogens with one attached hydrogen (secondary N) is 2. The Morgan fingerprint density at radius 1 is 1.31 bits per heavy atom.